The third-order valence-corrected chi connectivity index (χ3v) is 3.21. The molecular formula is C14H22N4O. The van der Waals surface area contributed by atoms with Crippen molar-refractivity contribution in [3.05, 3.63) is 42.2 Å². The van der Waals surface area contributed by atoms with Crippen molar-refractivity contribution in [3.8, 4) is 0 Å². The van der Waals surface area contributed by atoms with E-state index < -0.39 is 0 Å². The average molecular weight is 262 g/mol. The van der Waals surface area contributed by atoms with Gasteiger partial charge in [-0.05, 0) is 12.1 Å². The fourth-order valence-electron chi connectivity index (χ4n) is 2.08. The molecule has 0 saturated carbocycles. The maximum absolute atomic E-state index is 5.02. The van der Waals surface area contributed by atoms with E-state index in [0.29, 0.717) is 0 Å². The summed E-state index contributed by atoms with van der Waals surface area (Å²) in [5, 5.41) is 3.37. The van der Waals surface area contributed by atoms with Crippen molar-refractivity contribution < 1.29 is 4.74 Å². The van der Waals surface area contributed by atoms with Gasteiger partial charge in [0.1, 0.15) is 5.82 Å². The van der Waals surface area contributed by atoms with E-state index in [0.717, 1.165) is 38.5 Å². The Morgan fingerprint density at radius 2 is 2.26 bits per heavy atom. The monoisotopic (exact) mass is 262 g/mol. The molecule has 104 valence electrons. The van der Waals surface area contributed by atoms with Crippen LogP contribution < -0.4 is 5.32 Å². The van der Waals surface area contributed by atoms with Crippen molar-refractivity contribution >= 4 is 0 Å². The van der Waals surface area contributed by atoms with Crippen molar-refractivity contribution in [2.45, 2.75) is 19.5 Å². The molecule has 0 unspecified atom stereocenters. The molecule has 0 aliphatic carbocycles. The van der Waals surface area contributed by atoms with E-state index in [2.05, 4.69) is 37.8 Å². The van der Waals surface area contributed by atoms with Gasteiger partial charge in [-0.15, -0.1) is 0 Å². The van der Waals surface area contributed by atoms with Crippen LogP contribution in [0.1, 0.15) is 11.5 Å². The molecule has 5 nitrogen and oxygen atoms in total. The summed E-state index contributed by atoms with van der Waals surface area (Å²) < 4.78 is 9.36. The molecule has 2 aromatic rings. The van der Waals surface area contributed by atoms with Crippen molar-refractivity contribution in [1.29, 1.82) is 0 Å². The van der Waals surface area contributed by atoms with Crippen LogP contribution in [0.25, 0.3) is 0 Å². The van der Waals surface area contributed by atoms with Gasteiger partial charge in [0.05, 0.1) is 6.61 Å². The molecule has 0 bridgehead atoms. The molecule has 0 aromatic carbocycles. The third-order valence-electron chi connectivity index (χ3n) is 3.21. The number of ether oxygens (including phenoxy) is 1. The zero-order chi connectivity index (χ0) is 13.5. The van der Waals surface area contributed by atoms with Gasteiger partial charge in [-0.1, -0.05) is 0 Å². The Morgan fingerprint density at radius 3 is 3.00 bits per heavy atom. The van der Waals surface area contributed by atoms with E-state index in [1.807, 2.05) is 19.4 Å². The Kier molecular flexibility index (Phi) is 5.18. The van der Waals surface area contributed by atoms with Crippen LogP contribution in [0.3, 0.4) is 0 Å². The van der Waals surface area contributed by atoms with Crippen LogP contribution in [-0.2, 0) is 31.3 Å². The lowest BCUT2D eigenvalue weighted by atomic mass is 10.3. The summed E-state index contributed by atoms with van der Waals surface area (Å²) in [6, 6.07) is 4.24. The van der Waals surface area contributed by atoms with Crippen LogP contribution in [0.2, 0.25) is 0 Å². The first-order chi connectivity index (χ1) is 9.31. The fraction of sp³-hybridized carbons (Fsp3) is 0.500. The number of rotatable bonds is 8. The normalized spacial score (nSPS) is 11.1. The van der Waals surface area contributed by atoms with Gasteiger partial charge in [0.25, 0.3) is 0 Å². The van der Waals surface area contributed by atoms with Gasteiger partial charge in [0.15, 0.2) is 0 Å². The minimum Gasteiger partial charge on any atom is -0.383 e. The lowest BCUT2D eigenvalue weighted by Crippen LogP contribution is -2.20. The topological polar surface area (TPSA) is 44.0 Å². The number of nitrogens with one attached hydrogen (secondary N) is 1. The average Bonchev–Trinajstić information content (AvgIpc) is 3.01. The first kappa shape index (κ1) is 13.8. The van der Waals surface area contributed by atoms with Gasteiger partial charge >= 0.3 is 0 Å². The Morgan fingerprint density at radius 1 is 1.37 bits per heavy atom. The predicted molar refractivity (Wildman–Crippen MR) is 74.9 cm³/mol. The molecule has 0 fully saturated rings. The van der Waals surface area contributed by atoms with Gasteiger partial charge in [-0.25, -0.2) is 4.98 Å². The maximum Gasteiger partial charge on any atom is 0.110 e. The molecule has 2 heterocycles. The number of hydrogen-bond donors (Lipinski definition) is 1. The summed E-state index contributed by atoms with van der Waals surface area (Å²) in [5.41, 5.74) is 1.30. The molecule has 0 atom stereocenters. The highest BCUT2D eigenvalue weighted by Crippen LogP contribution is 2.05. The highest BCUT2D eigenvalue weighted by Gasteiger charge is 2.03. The van der Waals surface area contributed by atoms with E-state index in [4.69, 9.17) is 4.74 Å². The molecule has 0 aliphatic rings. The first-order valence-corrected chi connectivity index (χ1v) is 6.61. The molecule has 0 amide bonds. The molecule has 1 N–H and O–H groups in total. The second kappa shape index (κ2) is 7.11. The Bertz CT molecular complexity index is 489. The van der Waals surface area contributed by atoms with E-state index in [9.17, 15) is 0 Å². The van der Waals surface area contributed by atoms with E-state index in [1.165, 1.54) is 5.69 Å². The summed E-state index contributed by atoms with van der Waals surface area (Å²) >= 11 is 0. The van der Waals surface area contributed by atoms with Gasteiger partial charge in [-0.3, -0.25) is 0 Å². The van der Waals surface area contributed by atoms with Crippen LogP contribution >= 0.6 is 0 Å². The van der Waals surface area contributed by atoms with Crippen LogP contribution in [0.4, 0.5) is 0 Å². The Labute approximate surface area is 114 Å². The predicted octanol–water partition coefficient (Wildman–Crippen LogP) is 1.20. The molecule has 2 aromatic heterocycles. The van der Waals surface area contributed by atoms with Crippen LogP contribution in [-0.4, -0.2) is 34.4 Å². The number of aromatic nitrogens is 3. The van der Waals surface area contributed by atoms with Gasteiger partial charge in [-0.2, -0.15) is 0 Å². The zero-order valence-corrected chi connectivity index (χ0v) is 11.7. The summed E-state index contributed by atoms with van der Waals surface area (Å²) in [7, 11) is 3.75. The molecule has 0 spiro atoms. The molecule has 2 rings (SSSR count). The molecule has 0 aliphatic heterocycles. The van der Waals surface area contributed by atoms with Gasteiger partial charge < -0.3 is 19.2 Å². The maximum atomic E-state index is 5.02. The van der Waals surface area contributed by atoms with Gasteiger partial charge in [0, 0.05) is 64.5 Å². The lowest BCUT2D eigenvalue weighted by Gasteiger charge is -2.10. The van der Waals surface area contributed by atoms with E-state index in [-0.39, 0.29) is 0 Å². The second-order valence-electron chi connectivity index (χ2n) is 4.57. The highest BCUT2D eigenvalue weighted by atomic mass is 16.5. The minimum absolute atomic E-state index is 0.744. The quantitative estimate of drug-likeness (QED) is 0.727. The van der Waals surface area contributed by atoms with Crippen molar-refractivity contribution in [1.82, 2.24) is 19.4 Å². The number of imidazole rings is 1. The molecule has 0 saturated heterocycles. The summed E-state index contributed by atoms with van der Waals surface area (Å²) in [6.45, 7) is 3.45. The van der Waals surface area contributed by atoms with Crippen molar-refractivity contribution in [2.24, 2.45) is 7.05 Å². The third kappa shape index (κ3) is 3.94. The smallest absolute Gasteiger partial charge is 0.110 e. The number of nitrogens with zero attached hydrogens (tertiary/aromatic N) is 3. The summed E-state index contributed by atoms with van der Waals surface area (Å²) in [5.74, 6) is 1.12. The number of aryl methyl sites for hydroxylation is 3. The number of hydrogen-bond acceptors (Lipinski definition) is 3. The molecule has 0 radical (unpaired) electrons. The van der Waals surface area contributed by atoms with Crippen molar-refractivity contribution in [3.63, 3.8) is 0 Å². The minimum atomic E-state index is 0.744. The van der Waals surface area contributed by atoms with Crippen LogP contribution in [0.5, 0.6) is 0 Å². The largest absolute Gasteiger partial charge is 0.383 e. The number of methoxy groups -OCH3 is 1. The van der Waals surface area contributed by atoms with E-state index in [1.54, 1.807) is 7.11 Å². The van der Waals surface area contributed by atoms with E-state index >= 15 is 0 Å². The van der Waals surface area contributed by atoms with Crippen LogP contribution in [0, 0.1) is 0 Å². The standard InChI is InChI=1S/C14H22N4O/c1-17-10-6-16-14(17)5-9-18-8-3-4-13(18)12-15-7-11-19-2/h3-4,6,8,10,15H,5,7,9,11-12H2,1-2H3. The summed E-state index contributed by atoms with van der Waals surface area (Å²) in [6.07, 6.45) is 6.90. The summed E-state index contributed by atoms with van der Waals surface area (Å²) in [4.78, 5) is 4.35. The highest BCUT2D eigenvalue weighted by molar-refractivity contribution is 5.07. The Balaban J connectivity index is 1.83. The molecular weight excluding hydrogens is 240 g/mol. The van der Waals surface area contributed by atoms with Crippen molar-refractivity contribution in [2.75, 3.05) is 20.3 Å². The first-order valence-electron chi connectivity index (χ1n) is 6.61. The zero-order valence-electron chi connectivity index (χ0n) is 11.7. The van der Waals surface area contributed by atoms with Crippen LogP contribution in [0.15, 0.2) is 30.7 Å². The lowest BCUT2D eigenvalue weighted by molar-refractivity contribution is 0.199. The molecule has 19 heavy (non-hydrogen) atoms. The Hall–Kier alpha value is -1.59. The van der Waals surface area contributed by atoms with Gasteiger partial charge in [0.2, 0.25) is 0 Å². The second-order valence-corrected chi connectivity index (χ2v) is 4.57. The molecule has 5 heteroatoms. The fourth-order valence-corrected chi connectivity index (χ4v) is 2.08. The SMILES string of the molecule is COCCNCc1cccn1CCc1nccn1C.